The van der Waals surface area contributed by atoms with Crippen LogP contribution in [0.4, 0.5) is 0 Å². The molecule has 2 atom stereocenters. The van der Waals surface area contributed by atoms with Crippen LogP contribution in [0.5, 0.6) is 0 Å². The highest BCUT2D eigenvalue weighted by atomic mass is 32.1. The molecule has 0 saturated carbocycles. The molecule has 2 aromatic rings. The maximum atomic E-state index is 5.84. The van der Waals surface area contributed by atoms with Crippen LogP contribution in [0, 0.1) is 5.92 Å². The number of hydrogen-bond donors (Lipinski definition) is 1. The van der Waals surface area contributed by atoms with Crippen LogP contribution >= 0.6 is 11.3 Å². The average Bonchev–Trinajstić information content (AvgIpc) is 2.99. The van der Waals surface area contributed by atoms with Crippen LogP contribution in [-0.4, -0.2) is 34.0 Å². The summed E-state index contributed by atoms with van der Waals surface area (Å²) < 4.78 is 0. The summed E-state index contributed by atoms with van der Waals surface area (Å²) in [5, 5.41) is 3.16. The molecule has 2 aromatic heterocycles. The van der Waals surface area contributed by atoms with Crippen LogP contribution in [0.25, 0.3) is 10.7 Å². The van der Waals surface area contributed by atoms with E-state index in [9.17, 15) is 0 Å². The second-order valence-electron chi connectivity index (χ2n) is 5.82. The van der Waals surface area contributed by atoms with Crippen molar-refractivity contribution in [2.75, 3.05) is 13.1 Å². The third-order valence-corrected chi connectivity index (χ3v) is 5.16. The SMILES string of the molecule is CC1CCC(CN)CN1Cc1csc(-c2ccccn2)n1. The molecule has 112 valence electrons. The standard InChI is InChI=1S/C16H22N4S/c1-12-5-6-13(8-17)9-20(12)10-14-11-21-16(19-14)15-4-2-3-7-18-15/h2-4,7,11-13H,5-6,8-10,17H2,1H3. The molecular weight excluding hydrogens is 280 g/mol. The number of nitrogens with two attached hydrogens (primary N) is 1. The fraction of sp³-hybridized carbons (Fsp3) is 0.500. The third kappa shape index (κ3) is 3.48. The molecule has 0 amide bonds. The predicted octanol–water partition coefficient (Wildman–Crippen LogP) is 2.76. The predicted molar refractivity (Wildman–Crippen MR) is 87.0 cm³/mol. The first-order chi connectivity index (χ1) is 10.3. The molecule has 2 N–H and O–H groups in total. The van der Waals surface area contributed by atoms with Crippen molar-refractivity contribution in [1.29, 1.82) is 0 Å². The summed E-state index contributed by atoms with van der Waals surface area (Å²) in [6.07, 6.45) is 4.30. The van der Waals surface area contributed by atoms with E-state index in [2.05, 4.69) is 22.2 Å². The molecule has 21 heavy (non-hydrogen) atoms. The van der Waals surface area contributed by atoms with Gasteiger partial charge in [0.2, 0.25) is 0 Å². The highest BCUT2D eigenvalue weighted by Crippen LogP contribution is 2.26. The molecule has 1 aliphatic rings. The van der Waals surface area contributed by atoms with Gasteiger partial charge in [-0.05, 0) is 44.4 Å². The van der Waals surface area contributed by atoms with Crippen molar-refractivity contribution in [3.8, 4) is 10.7 Å². The Hall–Kier alpha value is -1.30. The lowest BCUT2D eigenvalue weighted by molar-refractivity contribution is 0.112. The Bertz CT molecular complexity index is 569. The molecule has 2 unspecified atom stereocenters. The van der Waals surface area contributed by atoms with Gasteiger partial charge < -0.3 is 5.73 Å². The van der Waals surface area contributed by atoms with Crippen molar-refractivity contribution >= 4 is 11.3 Å². The highest BCUT2D eigenvalue weighted by molar-refractivity contribution is 7.13. The van der Waals surface area contributed by atoms with Crippen molar-refractivity contribution in [2.24, 2.45) is 11.7 Å². The van der Waals surface area contributed by atoms with Gasteiger partial charge in [0.15, 0.2) is 0 Å². The van der Waals surface area contributed by atoms with Crippen molar-refractivity contribution < 1.29 is 0 Å². The van der Waals surface area contributed by atoms with Crippen molar-refractivity contribution in [3.05, 3.63) is 35.5 Å². The molecule has 1 aliphatic heterocycles. The van der Waals surface area contributed by atoms with Gasteiger partial charge in [-0.3, -0.25) is 9.88 Å². The molecule has 0 bridgehead atoms. The molecule has 0 spiro atoms. The quantitative estimate of drug-likeness (QED) is 0.943. The number of hydrogen-bond acceptors (Lipinski definition) is 5. The van der Waals surface area contributed by atoms with E-state index in [0.717, 1.165) is 36.0 Å². The van der Waals surface area contributed by atoms with Crippen LogP contribution in [0.15, 0.2) is 29.8 Å². The highest BCUT2D eigenvalue weighted by Gasteiger charge is 2.25. The molecule has 0 aliphatic carbocycles. The summed E-state index contributed by atoms with van der Waals surface area (Å²) in [6, 6.07) is 6.56. The van der Waals surface area contributed by atoms with E-state index >= 15 is 0 Å². The molecule has 1 fully saturated rings. The Morgan fingerprint density at radius 2 is 2.29 bits per heavy atom. The van der Waals surface area contributed by atoms with Gasteiger partial charge in [0.1, 0.15) is 5.01 Å². The topological polar surface area (TPSA) is 55.0 Å². The first-order valence-electron chi connectivity index (χ1n) is 7.56. The van der Waals surface area contributed by atoms with Gasteiger partial charge in [-0.1, -0.05) is 6.07 Å². The number of pyridine rings is 1. The van der Waals surface area contributed by atoms with Crippen molar-refractivity contribution in [1.82, 2.24) is 14.9 Å². The zero-order valence-electron chi connectivity index (χ0n) is 12.4. The second kappa shape index (κ2) is 6.64. The fourth-order valence-corrected chi connectivity index (χ4v) is 3.66. The normalized spacial score (nSPS) is 23.3. The minimum absolute atomic E-state index is 0.618. The van der Waals surface area contributed by atoms with Gasteiger partial charge in [-0.15, -0.1) is 11.3 Å². The maximum Gasteiger partial charge on any atom is 0.142 e. The molecule has 4 nitrogen and oxygen atoms in total. The monoisotopic (exact) mass is 302 g/mol. The Balaban J connectivity index is 1.69. The summed E-state index contributed by atoms with van der Waals surface area (Å²) >= 11 is 1.67. The van der Waals surface area contributed by atoms with E-state index in [0.29, 0.717) is 12.0 Å². The lowest BCUT2D eigenvalue weighted by Crippen LogP contribution is -2.43. The van der Waals surface area contributed by atoms with Crippen LogP contribution in [0.1, 0.15) is 25.5 Å². The molecule has 3 heterocycles. The molecule has 0 radical (unpaired) electrons. The number of aromatic nitrogens is 2. The number of piperidine rings is 1. The molecule has 3 rings (SSSR count). The van der Waals surface area contributed by atoms with E-state index in [-0.39, 0.29) is 0 Å². The van der Waals surface area contributed by atoms with E-state index in [1.54, 1.807) is 11.3 Å². The first kappa shape index (κ1) is 14.6. The van der Waals surface area contributed by atoms with Gasteiger partial charge in [-0.25, -0.2) is 4.98 Å². The summed E-state index contributed by atoms with van der Waals surface area (Å²) in [7, 11) is 0. The van der Waals surface area contributed by atoms with E-state index in [1.165, 1.54) is 12.8 Å². The Morgan fingerprint density at radius 3 is 3.05 bits per heavy atom. The van der Waals surface area contributed by atoms with Gasteiger partial charge in [0, 0.05) is 30.7 Å². The number of thiazole rings is 1. The number of likely N-dealkylation sites (tertiary alicyclic amines) is 1. The van der Waals surface area contributed by atoms with Crippen LogP contribution < -0.4 is 5.73 Å². The first-order valence-corrected chi connectivity index (χ1v) is 8.44. The Labute approximate surface area is 130 Å². The summed E-state index contributed by atoms with van der Waals surface area (Å²) in [5.41, 5.74) is 7.94. The lowest BCUT2D eigenvalue weighted by Gasteiger charge is -2.37. The summed E-state index contributed by atoms with van der Waals surface area (Å²) in [6.45, 7) is 5.10. The smallest absolute Gasteiger partial charge is 0.142 e. The maximum absolute atomic E-state index is 5.84. The van der Waals surface area contributed by atoms with Gasteiger partial charge >= 0.3 is 0 Å². The van der Waals surface area contributed by atoms with Gasteiger partial charge in [-0.2, -0.15) is 0 Å². The summed E-state index contributed by atoms with van der Waals surface area (Å²) in [5.74, 6) is 0.634. The van der Waals surface area contributed by atoms with Gasteiger partial charge in [0.25, 0.3) is 0 Å². The minimum Gasteiger partial charge on any atom is -0.330 e. The van der Waals surface area contributed by atoms with Crippen molar-refractivity contribution in [2.45, 2.75) is 32.4 Å². The molecule has 0 aromatic carbocycles. The zero-order valence-corrected chi connectivity index (χ0v) is 13.2. The molecular formula is C16H22N4S. The number of nitrogens with zero attached hydrogens (tertiary/aromatic N) is 3. The molecule has 1 saturated heterocycles. The lowest BCUT2D eigenvalue weighted by atomic mass is 9.93. The van der Waals surface area contributed by atoms with E-state index < -0.39 is 0 Å². The third-order valence-electron chi connectivity index (χ3n) is 4.24. The Morgan fingerprint density at radius 1 is 1.38 bits per heavy atom. The second-order valence-corrected chi connectivity index (χ2v) is 6.67. The van der Waals surface area contributed by atoms with Gasteiger partial charge in [0.05, 0.1) is 11.4 Å². The van der Waals surface area contributed by atoms with Crippen LogP contribution in [-0.2, 0) is 6.54 Å². The minimum atomic E-state index is 0.618. The largest absolute Gasteiger partial charge is 0.330 e. The van der Waals surface area contributed by atoms with E-state index in [1.807, 2.05) is 24.4 Å². The Kier molecular flexibility index (Phi) is 4.63. The molecule has 5 heteroatoms. The van der Waals surface area contributed by atoms with E-state index in [4.69, 9.17) is 10.7 Å². The van der Waals surface area contributed by atoms with Crippen LogP contribution in [0.3, 0.4) is 0 Å². The zero-order chi connectivity index (χ0) is 14.7. The van der Waals surface area contributed by atoms with Crippen LogP contribution in [0.2, 0.25) is 0 Å². The van der Waals surface area contributed by atoms with Crippen molar-refractivity contribution in [3.63, 3.8) is 0 Å². The fourth-order valence-electron chi connectivity index (χ4n) is 2.87. The number of rotatable bonds is 4. The average molecular weight is 302 g/mol. The summed E-state index contributed by atoms with van der Waals surface area (Å²) in [4.78, 5) is 11.6.